The molecule has 3 rings (SSSR count). The van der Waals surface area contributed by atoms with Crippen LogP contribution in [0.3, 0.4) is 0 Å². The van der Waals surface area contributed by atoms with E-state index in [4.69, 9.17) is 11.6 Å². The lowest BCUT2D eigenvalue weighted by atomic mass is 10.2. The van der Waals surface area contributed by atoms with Crippen LogP contribution in [0.5, 0.6) is 0 Å². The minimum Gasteiger partial charge on any atom is -0.326 e. The van der Waals surface area contributed by atoms with E-state index in [0.717, 1.165) is 11.3 Å². The van der Waals surface area contributed by atoms with E-state index < -0.39 is 0 Å². The highest BCUT2D eigenvalue weighted by molar-refractivity contribution is 7.13. The first-order valence-electron chi connectivity index (χ1n) is 7.28. The zero-order chi connectivity index (χ0) is 16.9. The highest BCUT2D eigenvalue weighted by Gasteiger charge is 2.09. The molecule has 1 aromatic carbocycles. The van der Waals surface area contributed by atoms with Crippen LogP contribution in [0.4, 0.5) is 16.6 Å². The van der Waals surface area contributed by atoms with Crippen molar-refractivity contribution in [2.75, 3.05) is 10.6 Å². The first-order chi connectivity index (χ1) is 11.6. The van der Waals surface area contributed by atoms with Crippen LogP contribution in [0, 0.1) is 6.92 Å². The average molecular weight is 359 g/mol. The molecule has 0 saturated heterocycles. The quantitative estimate of drug-likeness (QED) is 0.708. The van der Waals surface area contributed by atoms with Crippen molar-refractivity contribution in [3.05, 3.63) is 64.3 Å². The number of nitrogens with zero attached hydrogens (tertiary/aromatic N) is 2. The fourth-order valence-electron chi connectivity index (χ4n) is 2.08. The van der Waals surface area contributed by atoms with Gasteiger partial charge in [-0.05, 0) is 30.7 Å². The maximum atomic E-state index is 12.1. The number of benzene rings is 1. The minimum absolute atomic E-state index is 0.0919. The minimum atomic E-state index is -0.0919. The average Bonchev–Trinajstić information content (AvgIpc) is 2.99. The molecule has 0 aliphatic heterocycles. The number of thiazole rings is 1. The van der Waals surface area contributed by atoms with E-state index in [-0.39, 0.29) is 12.3 Å². The molecule has 3 aromatic rings. The third-order valence-electron chi connectivity index (χ3n) is 3.27. The Hall–Kier alpha value is -2.44. The number of rotatable bonds is 5. The fourth-order valence-corrected chi connectivity index (χ4v) is 2.91. The summed E-state index contributed by atoms with van der Waals surface area (Å²) in [5.74, 6) is 0.565. The summed E-state index contributed by atoms with van der Waals surface area (Å²) in [6.07, 6.45) is 1.79. The normalized spacial score (nSPS) is 10.4. The van der Waals surface area contributed by atoms with Crippen LogP contribution < -0.4 is 10.6 Å². The summed E-state index contributed by atoms with van der Waals surface area (Å²) >= 11 is 7.23. The fraction of sp³-hybridized carbons (Fsp3) is 0.118. The van der Waals surface area contributed by atoms with E-state index in [1.807, 2.05) is 36.6 Å². The summed E-state index contributed by atoms with van der Waals surface area (Å²) in [7, 11) is 0. The number of carbonyl (C=O) groups excluding carboxylic acids is 1. The summed E-state index contributed by atoms with van der Waals surface area (Å²) in [6.45, 7) is 1.96. The Balaban J connectivity index is 1.60. The summed E-state index contributed by atoms with van der Waals surface area (Å²) in [4.78, 5) is 20.7. The van der Waals surface area contributed by atoms with Gasteiger partial charge in [0.05, 0.1) is 17.1 Å². The van der Waals surface area contributed by atoms with Gasteiger partial charge in [-0.15, -0.1) is 11.3 Å². The Morgan fingerprint density at radius 1 is 1.25 bits per heavy atom. The molecule has 2 N–H and O–H groups in total. The predicted molar refractivity (Wildman–Crippen MR) is 98.2 cm³/mol. The van der Waals surface area contributed by atoms with E-state index in [2.05, 4.69) is 20.6 Å². The maximum Gasteiger partial charge on any atom is 0.230 e. The highest BCUT2D eigenvalue weighted by Crippen LogP contribution is 2.21. The molecule has 7 heteroatoms. The number of carbonyl (C=O) groups is 1. The molecule has 1 amide bonds. The van der Waals surface area contributed by atoms with Gasteiger partial charge >= 0.3 is 0 Å². The van der Waals surface area contributed by atoms with Gasteiger partial charge in [-0.25, -0.2) is 9.97 Å². The molecular weight excluding hydrogens is 344 g/mol. The van der Waals surface area contributed by atoms with Crippen LogP contribution >= 0.6 is 22.9 Å². The summed E-state index contributed by atoms with van der Waals surface area (Å²) in [5.41, 5.74) is 2.56. The van der Waals surface area contributed by atoms with E-state index in [1.165, 1.54) is 11.3 Å². The zero-order valence-corrected chi connectivity index (χ0v) is 14.5. The molecule has 0 spiro atoms. The number of amides is 1. The van der Waals surface area contributed by atoms with Gasteiger partial charge in [0, 0.05) is 17.3 Å². The van der Waals surface area contributed by atoms with Gasteiger partial charge < -0.3 is 10.6 Å². The smallest absolute Gasteiger partial charge is 0.230 e. The number of aryl methyl sites for hydroxylation is 1. The van der Waals surface area contributed by atoms with Crippen molar-refractivity contribution >= 4 is 45.5 Å². The molecule has 0 unspecified atom stereocenters. The van der Waals surface area contributed by atoms with Crippen LogP contribution in [0.25, 0.3) is 0 Å². The molecule has 5 nitrogen and oxygen atoms in total. The van der Waals surface area contributed by atoms with Crippen molar-refractivity contribution in [2.24, 2.45) is 0 Å². The van der Waals surface area contributed by atoms with Crippen molar-refractivity contribution < 1.29 is 4.79 Å². The Kier molecular flexibility index (Phi) is 5.08. The zero-order valence-electron chi connectivity index (χ0n) is 12.9. The molecule has 2 heterocycles. The molecule has 0 bridgehead atoms. The Morgan fingerprint density at radius 3 is 2.83 bits per heavy atom. The second-order valence-electron chi connectivity index (χ2n) is 5.17. The molecule has 0 saturated carbocycles. The molecule has 0 radical (unpaired) electrons. The first kappa shape index (κ1) is 16.4. The first-order valence-corrected chi connectivity index (χ1v) is 8.54. The number of hydrogen-bond acceptors (Lipinski definition) is 5. The lowest BCUT2D eigenvalue weighted by Gasteiger charge is -2.06. The number of halogens is 1. The largest absolute Gasteiger partial charge is 0.326 e. The van der Waals surface area contributed by atoms with Crippen LogP contribution in [-0.4, -0.2) is 15.9 Å². The predicted octanol–water partition coefficient (Wildman–Crippen LogP) is 4.42. The molecule has 0 atom stereocenters. The van der Waals surface area contributed by atoms with Crippen LogP contribution in [0.15, 0.2) is 48.0 Å². The van der Waals surface area contributed by atoms with Gasteiger partial charge in [0.1, 0.15) is 5.82 Å². The van der Waals surface area contributed by atoms with Gasteiger partial charge in [-0.1, -0.05) is 29.8 Å². The third-order valence-corrected chi connectivity index (χ3v) is 4.31. The molecular formula is C17H15ClN4OS. The van der Waals surface area contributed by atoms with Gasteiger partial charge in [0.2, 0.25) is 5.91 Å². The Morgan fingerprint density at radius 2 is 2.08 bits per heavy atom. The lowest BCUT2D eigenvalue weighted by molar-refractivity contribution is -0.115. The molecule has 2 aromatic heterocycles. The van der Waals surface area contributed by atoms with E-state index in [9.17, 15) is 4.79 Å². The molecule has 0 aliphatic carbocycles. The number of anilines is 3. The van der Waals surface area contributed by atoms with Crippen LogP contribution in [0.1, 0.15) is 11.3 Å². The molecule has 0 fully saturated rings. The number of pyridine rings is 1. The Labute approximate surface area is 148 Å². The van der Waals surface area contributed by atoms with E-state index in [1.54, 1.807) is 18.3 Å². The summed E-state index contributed by atoms with van der Waals surface area (Å²) < 4.78 is 0. The monoisotopic (exact) mass is 358 g/mol. The van der Waals surface area contributed by atoms with Gasteiger partial charge in [-0.2, -0.15) is 0 Å². The third kappa shape index (κ3) is 4.31. The van der Waals surface area contributed by atoms with Crippen molar-refractivity contribution in [3.63, 3.8) is 0 Å². The standard InChI is InChI=1S/C17H15ClN4OS/c1-11-4-2-3-5-14(11)21-16(23)8-13-10-24-17(20-13)22-15-7-6-12(18)9-19-15/h2-7,9-10H,8H2,1H3,(H,21,23)(H,19,20,22). The van der Waals surface area contributed by atoms with Gasteiger partial charge in [0.15, 0.2) is 5.13 Å². The van der Waals surface area contributed by atoms with Crippen molar-refractivity contribution in [1.29, 1.82) is 0 Å². The van der Waals surface area contributed by atoms with Crippen LogP contribution in [0.2, 0.25) is 5.02 Å². The number of aromatic nitrogens is 2. The second kappa shape index (κ2) is 7.42. The molecule has 24 heavy (non-hydrogen) atoms. The van der Waals surface area contributed by atoms with E-state index >= 15 is 0 Å². The number of nitrogens with one attached hydrogen (secondary N) is 2. The Bertz CT molecular complexity index is 848. The summed E-state index contributed by atoms with van der Waals surface area (Å²) in [6, 6.07) is 11.2. The second-order valence-corrected chi connectivity index (χ2v) is 6.47. The number of para-hydroxylation sites is 1. The summed E-state index contributed by atoms with van der Waals surface area (Å²) in [5, 5.41) is 9.11. The van der Waals surface area contributed by atoms with Crippen molar-refractivity contribution in [1.82, 2.24) is 9.97 Å². The van der Waals surface area contributed by atoms with Crippen molar-refractivity contribution in [2.45, 2.75) is 13.3 Å². The van der Waals surface area contributed by atoms with Gasteiger partial charge in [-0.3, -0.25) is 4.79 Å². The number of hydrogen-bond donors (Lipinski definition) is 2. The molecule has 0 aliphatic rings. The highest BCUT2D eigenvalue weighted by atomic mass is 35.5. The molecule has 122 valence electrons. The van der Waals surface area contributed by atoms with Crippen molar-refractivity contribution in [3.8, 4) is 0 Å². The van der Waals surface area contributed by atoms with Crippen LogP contribution in [-0.2, 0) is 11.2 Å². The lowest BCUT2D eigenvalue weighted by Crippen LogP contribution is -2.15. The van der Waals surface area contributed by atoms with Gasteiger partial charge in [0.25, 0.3) is 0 Å². The van der Waals surface area contributed by atoms with E-state index in [0.29, 0.717) is 21.7 Å². The SMILES string of the molecule is Cc1ccccc1NC(=O)Cc1csc(Nc2ccc(Cl)cn2)n1. The topological polar surface area (TPSA) is 66.9 Å². The maximum absolute atomic E-state index is 12.1.